The third-order valence-electron chi connectivity index (χ3n) is 3.08. The first kappa shape index (κ1) is 13.9. The van der Waals surface area contributed by atoms with Gasteiger partial charge in [-0.1, -0.05) is 26.0 Å². The summed E-state index contributed by atoms with van der Waals surface area (Å²) in [6.07, 6.45) is 0. The lowest BCUT2D eigenvalue weighted by Crippen LogP contribution is -2.12. The summed E-state index contributed by atoms with van der Waals surface area (Å²) in [5, 5.41) is 12.5. The number of rotatable bonds is 3. The average molecular weight is 270 g/mol. The Morgan fingerprint density at radius 2 is 1.95 bits per heavy atom. The number of nitrogen functional groups attached to an aromatic ring is 1. The van der Waals surface area contributed by atoms with Gasteiger partial charge in [0.15, 0.2) is 0 Å². The molecule has 4 heteroatoms. The van der Waals surface area contributed by atoms with E-state index in [9.17, 15) is 9.90 Å². The fraction of sp³-hybridized carbons (Fsp3) is 0.188. The zero-order valence-electron chi connectivity index (χ0n) is 11.6. The van der Waals surface area contributed by atoms with Crippen LogP contribution in [-0.4, -0.2) is 11.0 Å². The number of carbonyl (C=O) groups is 1. The molecule has 0 spiro atoms. The molecule has 0 saturated heterocycles. The maximum atomic E-state index is 12.1. The minimum Gasteiger partial charge on any atom is -0.507 e. The van der Waals surface area contributed by atoms with Crippen LogP contribution in [0.5, 0.6) is 5.75 Å². The molecule has 20 heavy (non-hydrogen) atoms. The van der Waals surface area contributed by atoms with Crippen LogP contribution in [-0.2, 0) is 0 Å². The van der Waals surface area contributed by atoms with Gasteiger partial charge >= 0.3 is 0 Å². The van der Waals surface area contributed by atoms with Crippen molar-refractivity contribution in [3.8, 4) is 5.75 Å². The fourth-order valence-corrected chi connectivity index (χ4v) is 1.91. The zero-order chi connectivity index (χ0) is 14.7. The highest BCUT2D eigenvalue weighted by Crippen LogP contribution is 2.23. The van der Waals surface area contributed by atoms with Crippen LogP contribution in [0.25, 0.3) is 0 Å². The molecule has 0 aliphatic carbocycles. The topological polar surface area (TPSA) is 75.4 Å². The van der Waals surface area contributed by atoms with E-state index in [4.69, 9.17) is 5.73 Å². The number of anilines is 2. The van der Waals surface area contributed by atoms with Crippen molar-refractivity contribution in [2.45, 2.75) is 19.8 Å². The molecule has 2 aromatic rings. The molecule has 0 fully saturated rings. The van der Waals surface area contributed by atoms with Crippen LogP contribution in [0, 0.1) is 0 Å². The molecule has 2 rings (SSSR count). The summed E-state index contributed by atoms with van der Waals surface area (Å²) in [4.78, 5) is 12.1. The van der Waals surface area contributed by atoms with Gasteiger partial charge in [-0.25, -0.2) is 0 Å². The Kier molecular flexibility index (Phi) is 3.94. The zero-order valence-corrected chi connectivity index (χ0v) is 11.6. The molecule has 4 N–H and O–H groups in total. The highest BCUT2D eigenvalue weighted by molar-refractivity contribution is 6.06. The van der Waals surface area contributed by atoms with E-state index in [2.05, 4.69) is 19.2 Å². The van der Waals surface area contributed by atoms with E-state index in [1.807, 2.05) is 24.3 Å². The van der Waals surface area contributed by atoms with Gasteiger partial charge < -0.3 is 16.2 Å². The van der Waals surface area contributed by atoms with Crippen LogP contribution in [0.1, 0.15) is 35.7 Å². The van der Waals surface area contributed by atoms with E-state index in [0.717, 1.165) is 5.56 Å². The molecule has 2 aromatic carbocycles. The van der Waals surface area contributed by atoms with Crippen molar-refractivity contribution in [1.82, 2.24) is 0 Å². The lowest BCUT2D eigenvalue weighted by molar-refractivity contribution is 0.102. The molecule has 0 aliphatic heterocycles. The van der Waals surface area contributed by atoms with Gasteiger partial charge in [0.2, 0.25) is 0 Å². The van der Waals surface area contributed by atoms with Gasteiger partial charge in [-0.15, -0.1) is 0 Å². The Balaban J connectivity index is 2.23. The van der Waals surface area contributed by atoms with Crippen molar-refractivity contribution < 1.29 is 9.90 Å². The Bertz CT molecular complexity index is 636. The number of nitrogens with one attached hydrogen (secondary N) is 1. The number of phenols is 1. The average Bonchev–Trinajstić information content (AvgIpc) is 2.41. The largest absolute Gasteiger partial charge is 0.507 e. The summed E-state index contributed by atoms with van der Waals surface area (Å²) in [5.74, 6) is -0.0833. The number of amides is 1. The molecule has 4 nitrogen and oxygen atoms in total. The normalized spacial score (nSPS) is 10.6. The van der Waals surface area contributed by atoms with E-state index < -0.39 is 0 Å². The second kappa shape index (κ2) is 5.65. The first-order chi connectivity index (χ1) is 9.47. The van der Waals surface area contributed by atoms with Gasteiger partial charge in [0.25, 0.3) is 5.91 Å². The van der Waals surface area contributed by atoms with Crippen LogP contribution >= 0.6 is 0 Å². The summed E-state index contributed by atoms with van der Waals surface area (Å²) >= 11 is 0. The number of aromatic hydroxyl groups is 1. The summed E-state index contributed by atoms with van der Waals surface area (Å²) < 4.78 is 0. The van der Waals surface area contributed by atoms with Crippen molar-refractivity contribution >= 4 is 17.3 Å². The molecular weight excluding hydrogens is 252 g/mol. The first-order valence-electron chi connectivity index (χ1n) is 6.47. The fourth-order valence-electron chi connectivity index (χ4n) is 1.91. The maximum absolute atomic E-state index is 12.1. The van der Waals surface area contributed by atoms with E-state index in [-0.39, 0.29) is 17.2 Å². The van der Waals surface area contributed by atoms with Gasteiger partial charge in [-0.3, -0.25) is 4.79 Å². The number of phenolic OH excluding ortho intramolecular Hbond substituents is 1. The van der Waals surface area contributed by atoms with Gasteiger partial charge in [0.1, 0.15) is 5.75 Å². The predicted octanol–water partition coefficient (Wildman–Crippen LogP) is 3.35. The Labute approximate surface area is 118 Å². The van der Waals surface area contributed by atoms with Crippen molar-refractivity contribution in [2.75, 3.05) is 11.1 Å². The van der Waals surface area contributed by atoms with Crippen LogP contribution < -0.4 is 11.1 Å². The molecule has 0 saturated carbocycles. The third kappa shape index (κ3) is 3.09. The molecule has 0 radical (unpaired) electrons. The Hall–Kier alpha value is -2.49. The predicted molar refractivity (Wildman–Crippen MR) is 81.0 cm³/mol. The van der Waals surface area contributed by atoms with Crippen molar-refractivity contribution in [3.05, 3.63) is 53.6 Å². The second-order valence-electron chi connectivity index (χ2n) is 5.01. The van der Waals surface area contributed by atoms with Crippen LogP contribution in [0.3, 0.4) is 0 Å². The lowest BCUT2D eigenvalue weighted by atomic mass is 10.0. The Morgan fingerprint density at radius 1 is 1.20 bits per heavy atom. The van der Waals surface area contributed by atoms with Gasteiger partial charge in [0.05, 0.1) is 5.56 Å². The molecule has 0 bridgehead atoms. The Morgan fingerprint density at radius 3 is 2.65 bits per heavy atom. The summed E-state index contributed by atoms with van der Waals surface area (Å²) in [6.45, 7) is 4.18. The molecule has 1 amide bonds. The number of hydrogen-bond acceptors (Lipinski definition) is 3. The number of nitrogens with two attached hydrogens (primary N) is 1. The van der Waals surface area contributed by atoms with E-state index in [1.165, 1.54) is 12.1 Å². The summed E-state index contributed by atoms with van der Waals surface area (Å²) in [7, 11) is 0. The SMILES string of the molecule is CC(C)c1cccc(NC(=O)c2cc(N)ccc2O)c1. The standard InChI is InChI=1S/C16H18N2O2/c1-10(2)11-4-3-5-13(8-11)18-16(20)14-9-12(17)6-7-15(14)19/h3-10,19H,17H2,1-2H3,(H,18,20). The number of carbonyl (C=O) groups excluding carboxylic acids is 1. The summed E-state index contributed by atoms with van der Waals surface area (Å²) in [5.41, 5.74) is 8.07. The molecule has 0 atom stereocenters. The van der Waals surface area contributed by atoms with E-state index in [1.54, 1.807) is 6.07 Å². The van der Waals surface area contributed by atoms with Crippen molar-refractivity contribution in [3.63, 3.8) is 0 Å². The highest BCUT2D eigenvalue weighted by atomic mass is 16.3. The minimum absolute atomic E-state index is 0.0864. The molecule has 0 aliphatic rings. The van der Waals surface area contributed by atoms with Gasteiger partial charge in [0, 0.05) is 11.4 Å². The van der Waals surface area contributed by atoms with Crippen LogP contribution in [0.4, 0.5) is 11.4 Å². The minimum atomic E-state index is -0.379. The molecule has 0 aromatic heterocycles. The van der Waals surface area contributed by atoms with E-state index in [0.29, 0.717) is 17.3 Å². The lowest BCUT2D eigenvalue weighted by Gasteiger charge is -2.10. The number of hydrogen-bond donors (Lipinski definition) is 3. The number of benzene rings is 2. The van der Waals surface area contributed by atoms with Crippen molar-refractivity contribution in [1.29, 1.82) is 0 Å². The smallest absolute Gasteiger partial charge is 0.259 e. The monoisotopic (exact) mass is 270 g/mol. The van der Waals surface area contributed by atoms with Crippen LogP contribution in [0.15, 0.2) is 42.5 Å². The maximum Gasteiger partial charge on any atom is 0.259 e. The van der Waals surface area contributed by atoms with Crippen molar-refractivity contribution in [2.24, 2.45) is 0 Å². The quantitative estimate of drug-likeness (QED) is 0.591. The molecule has 0 heterocycles. The van der Waals surface area contributed by atoms with E-state index >= 15 is 0 Å². The third-order valence-corrected chi connectivity index (χ3v) is 3.08. The first-order valence-corrected chi connectivity index (χ1v) is 6.47. The molecule has 104 valence electrons. The summed E-state index contributed by atoms with van der Waals surface area (Å²) in [6, 6.07) is 12.1. The second-order valence-corrected chi connectivity index (χ2v) is 5.01. The van der Waals surface area contributed by atoms with Gasteiger partial charge in [-0.05, 0) is 41.8 Å². The van der Waals surface area contributed by atoms with Crippen LogP contribution in [0.2, 0.25) is 0 Å². The molecule has 0 unspecified atom stereocenters. The van der Waals surface area contributed by atoms with Gasteiger partial charge in [-0.2, -0.15) is 0 Å². The molecular formula is C16H18N2O2. The highest BCUT2D eigenvalue weighted by Gasteiger charge is 2.12.